The second-order valence-corrected chi connectivity index (χ2v) is 10.8. The van der Waals surface area contributed by atoms with Crippen LogP contribution in [-0.2, 0) is 0 Å². The van der Waals surface area contributed by atoms with Gasteiger partial charge in [0.15, 0.2) is 11.6 Å². The Hall–Kier alpha value is -3.69. The molecule has 5 N–H and O–H groups in total. The van der Waals surface area contributed by atoms with E-state index in [-0.39, 0.29) is 11.9 Å². The summed E-state index contributed by atoms with van der Waals surface area (Å²) in [5.41, 5.74) is 10.7. The van der Waals surface area contributed by atoms with Gasteiger partial charge >= 0.3 is 0 Å². The van der Waals surface area contributed by atoms with Crippen LogP contribution in [0, 0.1) is 0 Å². The zero-order valence-electron chi connectivity index (χ0n) is 21.9. The average Bonchev–Trinajstić information content (AvgIpc) is 3.55. The van der Waals surface area contributed by atoms with E-state index >= 15 is 0 Å². The van der Waals surface area contributed by atoms with Crippen molar-refractivity contribution in [2.75, 3.05) is 30.8 Å². The molecule has 198 valence electrons. The zero-order valence-corrected chi connectivity index (χ0v) is 21.9. The Kier molecular flexibility index (Phi) is 6.86. The molecule has 1 aliphatic heterocycles. The van der Waals surface area contributed by atoms with Crippen molar-refractivity contribution in [1.29, 1.82) is 0 Å². The first-order chi connectivity index (χ1) is 18.5. The number of nitrogens with one attached hydrogen (secondary N) is 3. The minimum atomic E-state index is -0.191. The fourth-order valence-electron chi connectivity index (χ4n) is 5.76. The van der Waals surface area contributed by atoms with E-state index in [0.29, 0.717) is 23.5 Å². The lowest BCUT2D eigenvalue weighted by Crippen LogP contribution is -2.36. The molecule has 2 aliphatic rings. The number of para-hydroxylation sites is 2. The van der Waals surface area contributed by atoms with Gasteiger partial charge in [0.05, 0.1) is 11.0 Å². The second-order valence-electron chi connectivity index (χ2n) is 10.8. The number of likely N-dealkylation sites (tertiary alicyclic amines) is 1. The SMILES string of the molecule is CN1CCC(Nc2ccc(C(=O)Nc3cc(-c4nc5ccccc5n4C4CCC(N)CC4)[nH]n3)cc2)CC1. The van der Waals surface area contributed by atoms with Crippen LogP contribution in [0.4, 0.5) is 11.5 Å². The summed E-state index contributed by atoms with van der Waals surface area (Å²) < 4.78 is 2.32. The molecule has 1 amide bonds. The van der Waals surface area contributed by atoms with Gasteiger partial charge in [0.1, 0.15) is 5.69 Å². The monoisotopic (exact) mass is 512 g/mol. The molecule has 9 nitrogen and oxygen atoms in total. The topological polar surface area (TPSA) is 117 Å². The Morgan fingerprint density at radius 3 is 2.50 bits per heavy atom. The largest absolute Gasteiger partial charge is 0.382 e. The Balaban J connectivity index is 1.16. The van der Waals surface area contributed by atoms with Crippen molar-refractivity contribution in [2.24, 2.45) is 5.73 Å². The molecule has 6 rings (SSSR count). The van der Waals surface area contributed by atoms with Crippen LogP contribution in [0.5, 0.6) is 0 Å². The molecule has 3 heterocycles. The van der Waals surface area contributed by atoms with E-state index < -0.39 is 0 Å². The summed E-state index contributed by atoms with van der Waals surface area (Å²) in [4.78, 5) is 20.2. The summed E-state index contributed by atoms with van der Waals surface area (Å²) in [5.74, 6) is 1.12. The first-order valence-electron chi connectivity index (χ1n) is 13.7. The van der Waals surface area contributed by atoms with Gasteiger partial charge in [-0.05, 0) is 95.1 Å². The van der Waals surface area contributed by atoms with Crippen LogP contribution in [0.25, 0.3) is 22.6 Å². The van der Waals surface area contributed by atoms with Crippen LogP contribution in [0.2, 0.25) is 0 Å². The van der Waals surface area contributed by atoms with E-state index in [1.807, 2.05) is 48.5 Å². The normalized spacial score (nSPS) is 21.0. The van der Waals surface area contributed by atoms with Crippen LogP contribution in [0.3, 0.4) is 0 Å². The fraction of sp³-hybridized carbons (Fsp3) is 0.414. The first kappa shape index (κ1) is 24.6. The molecule has 0 spiro atoms. The smallest absolute Gasteiger partial charge is 0.256 e. The molecule has 1 saturated heterocycles. The van der Waals surface area contributed by atoms with E-state index in [4.69, 9.17) is 10.7 Å². The lowest BCUT2D eigenvalue weighted by Gasteiger charge is -2.30. The van der Waals surface area contributed by atoms with E-state index in [1.54, 1.807) is 0 Å². The maximum absolute atomic E-state index is 13.0. The van der Waals surface area contributed by atoms with Gasteiger partial charge in [0.25, 0.3) is 5.91 Å². The van der Waals surface area contributed by atoms with Gasteiger partial charge < -0.3 is 25.8 Å². The molecule has 2 fully saturated rings. The van der Waals surface area contributed by atoms with Crippen molar-refractivity contribution in [3.8, 4) is 11.5 Å². The molecule has 2 aromatic carbocycles. The number of hydrogen-bond acceptors (Lipinski definition) is 6. The maximum atomic E-state index is 13.0. The lowest BCUT2D eigenvalue weighted by molar-refractivity contribution is 0.102. The Morgan fingerprint density at radius 2 is 1.74 bits per heavy atom. The van der Waals surface area contributed by atoms with Crippen molar-refractivity contribution in [2.45, 2.75) is 56.7 Å². The van der Waals surface area contributed by atoms with E-state index in [1.165, 1.54) is 0 Å². The van der Waals surface area contributed by atoms with Crippen molar-refractivity contribution in [3.63, 3.8) is 0 Å². The summed E-state index contributed by atoms with van der Waals surface area (Å²) in [7, 11) is 2.16. The molecule has 38 heavy (non-hydrogen) atoms. The van der Waals surface area contributed by atoms with Crippen LogP contribution >= 0.6 is 0 Å². The first-order valence-corrected chi connectivity index (χ1v) is 13.7. The van der Waals surface area contributed by atoms with Crippen LogP contribution in [0.1, 0.15) is 54.9 Å². The number of piperidine rings is 1. The number of amides is 1. The minimum absolute atomic E-state index is 0.191. The number of fused-ring (bicyclic) bond motifs is 1. The highest BCUT2D eigenvalue weighted by atomic mass is 16.1. The fourth-order valence-corrected chi connectivity index (χ4v) is 5.76. The van der Waals surface area contributed by atoms with E-state index in [2.05, 4.69) is 43.4 Å². The summed E-state index contributed by atoms with van der Waals surface area (Å²) in [6.45, 7) is 2.21. The average molecular weight is 513 g/mol. The number of benzene rings is 2. The van der Waals surface area contributed by atoms with Gasteiger partial charge in [-0.15, -0.1) is 0 Å². The highest BCUT2D eigenvalue weighted by Gasteiger charge is 2.25. The van der Waals surface area contributed by atoms with Crippen LogP contribution in [0.15, 0.2) is 54.6 Å². The van der Waals surface area contributed by atoms with Crippen LogP contribution in [-0.4, -0.2) is 62.8 Å². The van der Waals surface area contributed by atoms with Gasteiger partial charge in [-0.1, -0.05) is 12.1 Å². The van der Waals surface area contributed by atoms with Gasteiger partial charge in [-0.25, -0.2) is 4.98 Å². The Bertz CT molecular complexity index is 1390. The molecular weight excluding hydrogens is 476 g/mol. The summed E-state index contributed by atoms with van der Waals surface area (Å²) in [6, 6.07) is 18.8. The molecule has 0 bridgehead atoms. The zero-order chi connectivity index (χ0) is 26.1. The predicted octanol–water partition coefficient (Wildman–Crippen LogP) is 4.63. The van der Waals surface area contributed by atoms with E-state index in [0.717, 1.165) is 79.9 Å². The Morgan fingerprint density at radius 1 is 1.00 bits per heavy atom. The van der Waals surface area contributed by atoms with Gasteiger partial charge in [0, 0.05) is 35.4 Å². The maximum Gasteiger partial charge on any atom is 0.256 e. The number of anilines is 2. The molecule has 0 atom stereocenters. The standard InChI is InChI=1S/C29H36N8O/c1-36-16-14-22(15-17-36)31-21-10-6-19(7-11-21)29(38)33-27-18-25(34-35-27)28-32-24-4-2-3-5-26(24)37(28)23-12-8-20(30)9-13-23/h2-7,10-11,18,20,22-23,31H,8-9,12-17,30H2,1H3,(H2,33,34,35,38). The van der Waals surface area contributed by atoms with Gasteiger partial charge in [0.2, 0.25) is 0 Å². The molecule has 0 unspecified atom stereocenters. The second kappa shape index (κ2) is 10.6. The molecule has 2 aromatic heterocycles. The number of hydrogen-bond donors (Lipinski definition) is 4. The number of H-pyrrole nitrogens is 1. The third kappa shape index (κ3) is 5.16. The highest BCUT2D eigenvalue weighted by molar-refractivity contribution is 6.04. The number of aromatic amines is 1. The van der Waals surface area contributed by atoms with Crippen molar-refractivity contribution >= 4 is 28.4 Å². The molecule has 1 saturated carbocycles. The number of imidazole rings is 1. The van der Waals surface area contributed by atoms with Crippen molar-refractivity contribution in [3.05, 3.63) is 60.2 Å². The number of aromatic nitrogens is 4. The van der Waals surface area contributed by atoms with Crippen molar-refractivity contribution < 1.29 is 4.79 Å². The number of nitrogens with zero attached hydrogens (tertiary/aromatic N) is 4. The molecule has 0 radical (unpaired) electrons. The number of carbonyl (C=O) groups is 1. The quantitative estimate of drug-likeness (QED) is 0.299. The lowest BCUT2D eigenvalue weighted by atomic mass is 9.91. The molecule has 4 aromatic rings. The Labute approximate surface area is 222 Å². The van der Waals surface area contributed by atoms with Gasteiger partial charge in [-0.3, -0.25) is 9.89 Å². The number of nitrogens with two attached hydrogens (primary N) is 1. The minimum Gasteiger partial charge on any atom is -0.382 e. The summed E-state index contributed by atoms with van der Waals surface area (Å²) in [5, 5.41) is 14.0. The summed E-state index contributed by atoms with van der Waals surface area (Å²) >= 11 is 0. The van der Waals surface area contributed by atoms with Crippen LogP contribution < -0.4 is 16.4 Å². The molecular formula is C29H36N8O. The molecule has 9 heteroatoms. The third-order valence-electron chi connectivity index (χ3n) is 8.00. The third-order valence-corrected chi connectivity index (χ3v) is 8.00. The molecule has 1 aliphatic carbocycles. The highest BCUT2D eigenvalue weighted by Crippen LogP contribution is 2.35. The number of carbonyl (C=O) groups excluding carboxylic acids is 1. The number of rotatable bonds is 6. The van der Waals surface area contributed by atoms with Crippen molar-refractivity contribution in [1.82, 2.24) is 24.6 Å². The van der Waals surface area contributed by atoms with Gasteiger partial charge in [-0.2, -0.15) is 5.10 Å². The predicted molar refractivity (Wildman–Crippen MR) is 151 cm³/mol. The summed E-state index contributed by atoms with van der Waals surface area (Å²) in [6.07, 6.45) is 6.31. The van der Waals surface area contributed by atoms with E-state index in [9.17, 15) is 4.79 Å².